The van der Waals surface area contributed by atoms with Crippen molar-refractivity contribution < 1.29 is 17.6 Å². The van der Waals surface area contributed by atoms with E-state index in [2.05, 4.69) is 15.9 Å². The van der Waals surface area contributed by atoms with E-state index < -0.39 is 10.0 Å². The lowest BCUT2D eigenvalue weighted by atomic mass is 9.99. The number of rotatable bonds is 3. The topological polar surface area (TPSA) is 70.8 Å². The van der Waals surface area contributed by atoms with Gasteiger partial charge in [0, 0.05) is 37.7 Å². The summed E-state index contributed by atoms with van der Waals surface area (Å²) in [5, 5.41) is -0.210. The summed E-state index contributed by atoms with van der Waals surface area (Å²) in [7, 11) is -0.858. The molecule has 1 aromatic carbocycles. The van der Waals surface area contributed by atoms with Crippen molar-refractivity contribution >= 4 is 31.9 Å². The van der Waals surface area contributed by atoms with Crippen LogP contribution in [0.3, 0.4) is 0 Å². The number of aryl methyl sites for hydroxylation is 1. The second-order valence-electron chi connectivity index (χ2n) is 6.18. The van der Waals surface area contributed by atoms with E-state index in [0.717, 1.165) is 20.8 Å². The molecule has 0 saturated heterocycles. The molecule has 1 amide bonds. The summed E-state index contributed by atoms with van der Waals surface area (Å²) in [6, 6.07) is 7.27. The highest BCUT2D eigenvalue weighted by Gasteiger charge is 2.29. The van der Waals surface area contributed by atoms with Crippen LogP contribution in [0.2, 0.25) is 0 Å². The lowest BCUT2D eigenvalue weighted by Crippen LogP contribution is -2.36. The molecule has 0 unspecified atom stereocenters. The van der Waals surface area contributed by atoms with Crippen molar-refractivity contribution in [3.63, 3.8) is 0 Å². The van der Waals surface area contributed by atoms with Gasteiger partial charge < -0.3 is 9.32 Å². The zero-order valence-corrected chi connectivity index (χ0v) is 16.6. The Kier molecular flexibility index (Phi) is 4.78. The minimum Gasteiger partial charge on any atom is -0.448 e. The van der Waals surface area contributed by atoms with Gasteiger partial charge in [-0.2, -0.15) is 0 Å². The number of fused-ring (bicyclic) bond motifs is 1. The number of hydrogen-bond acceptors (Lipinski definition) is 4. The third-order valence-electron chi connectivity index (χ3n) is 4.36. The molecular weight excluding hydrogens is 408 g/mol. The molecule has 25 heavy (non-hydrogen) atoms. The Hall–Kier alpha value is -1.64. The van der Waals surface area contributed by atoms with Gasteiger partial charge in [-0.3, -0.25) is 4.79 Å². The molecule has 1 aliphatic heterocycles. The van der Waals surface area contributed by atoms with Crippen LogP contribution in [-0.2, 0) is 23.0 Å². The normalized spacial score (nSPS) is 14.7. The van der Waals surface area contributed by atoms with Gasteiger partial charge in [-0.25, -0.2) is 12.7 Å². The first-order valence-corrected chi connectivity index (χ1v) is 10.0. The summed E-state index contributed by atoms with van der Waals surface area (Å²) in [6.07, 6.45) is 0.752. The molecule has 6 nitrogen and oxygen atoms in total. The summed E-state index contributed by atoms with van der Waals surface area (Å²) in [5.41, 5.74) is 2.60. The van der Waals surface area contributed by atoms with Gasteiger partial charge in [0.25, 0.3) is 15.9 Å². The fraction of sp³-hybridized carbons (Fsp3) is 0.353. The van der Waals surface area contributed by atoms with Crippen molar-refractivity contribution in [2.75, 3.05) is 20.6 Å². The van der Waals surface area contributed by atoms with Crippen molar-refractivity contribution in [3.05, 3.63) is 51.2 Å². The Morgan fingerprint density at radius 1 is 1.32 bits per heavy atom. The van der Waals surface area contributed by atoms with Crippen LogP contribution >= 0.6 is 15.9 Å². The molecule has 2 heterocycles. The van der Waals surface area contributed by atoms with Gasteiger partial charge in [-0.05, 0) is 30.5 Å². The maximum absolute atomic E-state index is 12.9. The number of carbonyl (C=O) groups is 1. The lowest BCUT2D eigenvalue weighted by molar-refractivity contribution is 0.0732. The minimum atomic E-state index is -3.71. The predicted molar refractivity (Wildman–Crippen MR) is 96.9 cm³/mol. The first-order valence-electron chi connectivity index (χ1n) is 7.80. The SMILES string of the molecule is Cc1oc(S(=O)(=O)N(C)C)cc1C(=O)N1CCc2c(Br)cccc2C1. The maximum Gasteiger partial charge on any atom is 0.275 e. The number of amides is 1. The van der Waals surface area contributed by atoms with Crippen molar-refractivity contribution in [2.45, 2.75) is 25.0 Å². The van der Waals surface area contributed by atoms with Crippen LogP contribution in [0.4, 0.5) is 0 Å². The Morgan fingerprint density at radius 2 is 2.04 bits per heavy atom. The molecule has 3 rings (SSSR count). The average molecular weight is 427 g/mol. The molecule has 0 fully saturated rings. The van der Waals surface area contributed by atoms with E-state index in [-0.39, 0.29) is 11.0 Å². The summed E-state index contributed by atoms with van der Waals surface area (Å²) in [5.74, 6) is 0.0949. The molecule has 0 spiro atoms. The van der Waals surface area contributed by atoms with E-state index in [0.29, 0.717) is 24.4 Å². The molecule has 2 aromatic rings. The third-order valence-corrected chi connectivity index (χ3v) is 6.77. The number of hydrogen-bond donors (Lipinski definition) is 0. The van der Waals surface area contributed by atoms with Gasteiger partial charge >= 0.3 is 0 Å². The van der Waals surface area contributed by atoms with Gasteiger partial charge in [0.2, 0.25) is 5.09 Å². The number of halogens is 1. The molecule has 1 aromatic heterocycles. The highest BCUT2D eigenvalue weighted by molar-refractivity contribution is 9.10. The third kappa shape index (κ3) is 3.26. The number of benzene rings is 1. The van der Waals surface area contributed by atoms with Crippen LogP contribution < -0.4 is 0 Å². The van der Waals surface area contributed by atoms with Crippen molar-refractivity contribution in [3.8, 4) is 0 Å². The van der Waals surface area contributed by atoms with Crippen LogP contribution in [-0.4, -0.2) is 44.2 Å². The number of sulfonamides is 1. The molecular formula is C17H19BrN2O4S. The van der Waals surface area contributed by atoms with E-state index in [4.69, 9.17) is 4.42 Å². The molecule has 1 aliphatic rings. The summed E-state index contributed by atoms with van der Waals surface area (Å²) in [4.78, 5) is 14.6. The first-order chi connectivity index (χ1) is 11.7. The highest BCUT2D eigenvalue weighted by Crippen LogP contribution is 2.28. The Balaban J connectivity index is 1.89. The van der Waals surface area contributed by atoms with Gasteiger partial charge in [0.1, 0.15) is 5.76 Å². The van der Waals surface area contributed by atoms with E-state index in [1.165, 1.54) is 25.7 Å². The van der Waals surface area contributed by atoms with Crippen LogP contribution in [0.1, 0.15) is 27.2 Å². The summed E-state index contributed by atoms with van der Waals surface area (Å²) < 4.78 is 31.9. The van der Waals surface area contributed by atoms with E-state index in [9.17, 15) is 13.2 Å². The predicted octanol–water partition coefficient (Wildman–Crippen LogP) is 2.80. The fourth-order valence-corrected chi connectivity index (χ4v) is 4.34. The Labute approximate surface area is 155 Å². The van der Waals surface area contributed by atoms with Gasteiger partial charge in [-0.1, -0.05) is 28.1 Å². The molecule has 0 N–H and O–H groups in total. The Bertz CT molecular complexity index is 934. The maximum atomic E-state index is 12.9. The average Bonchev–Trinajstić information content (AvgIpc) is 2.96. The van der Waals surface area contributed by atoms with Gasteiger partial charge in [0.05, 0.1) is 5.56 Å². The van der Waals surface area contributed by atoms with Gasteiger partial charge in [0.15, 0.2) is 0 Å². The lowest BCUT2D eigenvalue weighted by Gasteiger charge is -2.29. The number of carbonyl (C=O) groups excluding carboxylic acids is 1. The Morgan fingerprint density at radius 3 is 2.72 bits per heavy atom. The van der Waals surface area contributed by atoms with Crippen LogP contribution in [0, 0.1) is 6.92 Å². The molecule has 8 heteroatoms. The fourth-order valence-electron chi connectivity index (χ4n) is 2.88. The van der Waals surface area contributed by atoms with E-state index in [1.807, 2.05) is 18.2 Å². The van der Waals surface area contributed by atoms with Gasteiger partial charge in [-0.15, -0.1) is 0 Å². The van der Waals surface area contributed by atoms with Crippen molar-refractivity contribution in [2.24, 2.45) is 0 Å². The van der Waals surface area contributed by atoms with Crippen LogP contribution in [0.15, 0.2) is 38.2 Å². The zero-order valence-electron chi connectivity index (χ0n) is 14.2. The molecule has 0 saturated carbocycles. The van der Waals surface area contributed by atoms with Crippen molar-refractivity contribution in [1.29, 1.82) is 0 Å². The van der Waals surface area contributed by atoms with E-state index >= 15 is 0 Å². The van der Waals surface area contributed by atoms with Crippen molar-refractivity contribution in [1.82, 2.24) is 9.21 Å². The first kappa shape index (κ1) is 18.2. The smallest absolute Gasteiger partial charge is 0.275 e. The quantitative estimate of drug-likeness (QED) is 0.756. The number of furan rings is 1. The van der Waals surface area contributed by atoms with Crippen LogP contribution in [0.25, 0.3) is 0 Å². The van der Waals surface area contributed by atoms with E-state index in [1.54, 1.807) is 11.8 Å². The standard InChI is InChI=1S/C17H19BrN2O4S/c1-11-14(9-16(24-11)25(22,23)19(2)3)17(21)20-8-7-13-12(10-20)5-4-6-15(13)18/h4-6,9H,7-8,10H2,1-3H3. The largest absolute Gasteiger partial charge is 0.448 e. The molecule has 0 radical (unpaired) electrons. The molecule has 0 atom stereocenters. The summed E-state index contributed by atoms with van der Waals surface area (Å²) in [6.45, 7) is 2.68. The van der Waals surface area contributed by atoms with Crippen LogP contribution in [0.5, 0.6) is 0 Å². The molecule has 0 aliphatic carbocycles. The number of nitrogens with zero attached hydrogens (tertiary/aromatic N) is 2. The summed E-state index contributed by atoms with van der Waals surface area (Å²) >= 11 is 3.54. The molecule has 134 valence electrons. The molecule has 0 bridgehead atoms. The second kappa shape index (κ2) is 6.59. The highest BCUT2D eigenvalue weighted by atomic mass is 79.9. The monoisotopic (exact) mass is 426 g/mol. The second-order valence-corrected chi connectivity index (χ2v) is 9.11. The zero-order chi connectivity index (χ0) is 18.4. The minimum absolute atomic E-state index is 0.210.